The van der Waals surface area contributed by atoms with Gasteiger partial charge in [-0.25, -0.2) is 14.5 Å². The third kappa shape index (κ3) is 3.60. The predicted octanol–water partition coefficient (Wildman–Crippen LogP) is 5.52. The smallest absolute Gasteiger partial charge is 0.312 e. The topological polar surface area (TPSA) is 117 Å². The van der Waals surface area contributed by atoms with E-state index in [1.165, 1.54) is 10.4 Å². The minimum Gasteiger partial charge on any atom is -0.456 e. The van der Waals surface area contributed by atoms with E-state index in [2.05, 4.69) is 36.0 Å². The lowest BCUT2D eigenvalue weighted by Crippen LogP contribution is -2.26. The molecule has 0 amide bonds. The van der Waals surface area contributed by atoms with Crippen molar-refractivity contribution in [3.05, 3.63) is 56.2 Å². The van der Waals surface area contributed by atoms with Crippen molar-refractivity contribution in [3.63, 3.8) is 0 Å². The molecule has 5 heterocycles. The second kappa shape index (κ2) is 7.95. The third-order valence-electron chi connectivity index (χ3n) is 7.32. The maximum atomic E-state index is 11.3. The maximum absolute atomic E-state index is 11.3. The van der Waals surface area contributed by atoms with Crippen LogP contribution in [0.15, 0.2) is 22.9 Å². The molecule has 5 aromatic heterocycles. The molecule has 6 rings (SSSR count). The van der Waals surface area contributed by atoms with Crippen LogP contribution in [-0.2, 0) is 19.4 Å². The molecule has 0 spiro atoms. The van der Waals surface area contributed by atoms with Gasteiger partial charge >= 0.3 is 5.69 Å². The molecule has 0 aromatic carbocycles. The number of nitrogens with zero attached hydrogens (tertiary/aromatic N) is 7. The highest BCUT2D eigenvalue weighted by atomic mass is 32.1. The molecule has 0 aliphatic heterocycles. The average molecular weight is 506 g/mol. The first-order chi connectivity index (χ1) is 17.1. The molecule has 0 saturated heterocycles. The van der Waals surface area contributed by atoms with Crippen LogP contribution in [0.1, 0.15) is 54.8 Å². The van der Waals surface area contributed by atoms with E-state index in [9.17, 15) is 10.1 Å². The predicted molar refractivity (Wildman–Crippen MR) is 136 cm³/mol. The van der Waals surface area contributed by atoms with Crippen molar-refractivity contribution >= 4 is 32.9 Å². The highest BCUT2D eigenvalue weighted by Crippen LogP contribution is 2.43. The summed E-state index contributed by atoms with van der Waals surface area (Å²) >= 11 is 1.78. The Balaban J connectivity index is 1.34. The first-order valence-electron chi connectivity index (χ1n) is 12.0. The van der Waals surface area contributed by atoms with Gasteiger partial charge in [-0.05, 0) is 62.1 Å². The number of fused-ring (bicyclic) bond motifs is 5. The summed E-state index contributed by atoms with van der Waals surface area (Å²) in [6.07, 6.45) is 4.99. The van der Waals surface area contributed by atoms with E-state index in [1.807, 2.05) is 12.1 Å². The minimum atomic E-state index is -0.399. The highest BCUT2D eigenvalue weighted by Gasteiger charge is 2.32. The fraction of sp³-hybridized carbons (Fsp3) is 0.440. The number of hydrogen-bond acceptors (Lipinski definition) is 8. The molecule has 0 radical (unpaired) electrons. The van der Waals surface area contributed by atoms with E-state index >= 15 is 0 Å². The monoisotopic (exact) mass is 505 g/mol. The van der Waals surface area contributed by atoms with Gasteiger partial charge < -0.3 is 4.42 Å². The summed E-state index contributed by atoms with van der Waals surface area (Å²) in [6.45, 7) is 10.6. The van der Waals surface area contributed by atoms with Gasteiger partial charge in [0.1, 0.15) is 28.3 Å². The zero-order valence-electron chi connectivity index (χ0n) is 20.9. The molecule has 36 heavy (non-hydrogen) atoms. The second-order valence-electron chi connectivity index (χ2n) is 10.6. The number of rotatable bonds is 4. The van der Waals surface area contributed by atoms with E-state index in [4.69, 9.17) is 9.40 Å². The molecular formula is C25H27N7O3S. The fourth-order valence-electron chi connectivity index (χ4n) is 5.25. The number of aryl methyl sites for hydroxylation is 2. The average Bonchev–Trinajstić information content (AvgIpc) is 3.56. The first-order valence-corrected chi connectivity index (χ1v) is 12.8. The number of hydrogen-bond donors (Lipinski definition) is 0. The molecule has 1 aliphatic carbocycles. The van der Waals surface area contributed by atoms with Gasteiger partial charge in [-0.3, -0.25) is 14.8 Å². The van der Waals surface area contributed by atoms with Crippen molar-refractivity contribution in [1.82, 2.24) is 29.4 Å². The van der Waals surface area contributed by atoms with Gasteiger partial charge in [0.2, 0.25) is 5.82 Å². The molecule has 0 bridgehead atoms. The van der Waals surface area contributed by atoms with Crippen molar-refractivity contribution in [2.45, 2.75) is 60.4 Å². The first kappa shape index (κ1) is 22.8. The molecule has 1 aliphatic rings. The van der Waals surface area contributed by atoms with Gasteiger partial charge in [0, 0.05) is 4.88 Å². The number of thiophene rings is 1. The lowest BCUT2D eigenvalue weighted by Gasteiger charge is -2.33. The number of nitro groups is 1. The molecule has 0 fully saturated rings. The largest absolute Gasteiger partial charge is 0.456 e. The Morgan fingerprint density at radius 2 is 2.06 bits per heavy atom. The summed E-state index contributed by atoms with van der Waals surface area (Å²) in [6, 6.07) is 3.65. The zero-order chi connectivity index (χ0) is 25.4. The van der Waals surface area contributed by atoms with Gasteiger partial charge in [0.25, 0.3) is 0 Å². The second-order valence-corrected chi connectivity index (χ2v) is 11.7. The lowest BCUT2D eigenvalue weighted by atomic mass is 9.72. The van der Waals surface area contributed by atoms with Gasteiger partial charge in [0.15, 0.2) is 11.4 Å². The molecule has 11 heteroatoms. The van der Waals surface area contributed by atoms with E-state index in [0.717, 1.165) is 35.1 Å². The lowest BCUT2D eigenvalue weighted by molar-refractivity contribution is -0.386. The summed E-state index contributed by atoms with van der Waals surface area (Å²) in [7, 11) is 0. The quantitative estimate of drug-likeness (QED) is 0.233. The van der Waals surface area contributed by atoms with Crippen molar-refractivity contribution in [1.29, 1.82) is 0 Å². The molecule has 1 atom stereocenters. The Labute approximate surface area is 211 Å². The van der Waals surface area contributed by atoms with Gasteiger partial charge in [-0.2, -0.15) is 5.10 Å². The van der Waals surface area contributed by atoms with Crippen LogP contribution in [0.25, 0.3) is 27.4 Å². The molecule has 0 N–H and O–H groups in total. The van der Waals surface area contributed by atoms with Crippen molar-refractivity contribution in [2.24, 2.45) is 11.3 Å². The van der Waals surface area contributed by atoms with Gasteiger partial charge in [-0.1, -0.05) is 20.8 Å². The fourth-order valence-corrected chi connectivity index (χ4v) is 6.52. The highest BCUT2D eigenvalue weighted by molar-refractivity contribution is 7.19. The standard InChI is InChI=1S/C25H27N7O3S/c1-13-21(32(33)34)14(2)30(28-13)11-16-7-9-18(35-16)22-27-23-20-17-8-6-15(25(3,4)5)10-19(17)36-24(20)26-12-31(23)29-22/h7,9,12,15H,6,8,10-11H2,1-5H3. The molecule has 0 saturated carbocycles. The third-order valence-corrected chi connectivity index (χ3v) is 8.49. The van der Waals surface area contributed by atoms with Crippen LogP contribution in [0.5, 0.6) is 0 Å². The van der Waals surface area contributed by atoms with Crippen LogP contribution in [0, 0.1) is 35.3 Å². The molecule has 186 valence electrons. The van der Waals surface area contributed by atoms with E-state index in [-0.39, 0.29) is 17.6 Å². The Morgan fingerprint density at radius 1 is 1.25 bits per heavy atom. The molecule has 5 aromatic rings. The number of furan rings is 1. The normalized spacial score (nSPS) is 16.2. The van der Waals surface area contributed by atoms with Crippen LogP contribution in [-0.4, -0.2) is 34.3 Å². The Bertz CT molecular complexity index is 1650. The van der Waals surface area contributed by atoms with Gasteiger partial charge in [-0.15, -0.1) is 16.4 Å². The van der Waals surface area contributed by atoms with Crippen molar-refractivity contribution in [3.8, 4) is 11.6 Å². The zero-order valence-corrected chi connectivity index (χ0v) is 21.7. The molecule has 1 unspecified atom stereocenters. The minimum absolute atomic E-state index is 0.0354. The summed E-state index contributed by atoms with van der Waals surface area (Å²) in [5.41, 5.74) is 3.36. The van der Waals surface area contributed by atoms with Crippen LogP contribution >= 0.6 is 11.3 Å². The van der Waals surface area contributed by atoms with Crippen LogP contribution < -0.4 is 0 Å². The Hall–Kier alpha value is -3.60. The SMILES string of the molecule is Cc1nn(Cc2ccc(-c3nc4c5c6c(sc5ncn4n3)CC(C(C)(C)C)CC6)o2)c(C)c1[N+](=O)[O-]. The van der Waals surface area contributed by atoms with Crippen molar-refractivity contribution < 1.29 is 9.34 Å². The summed E-state index contributed by atoms with van der Waals surface area (Å²) in [4.78, 5) is 22.9. The summed E-state index contributed by atoms with van der Waals surface area (Å²) in [5.74, 6) is 2.30. The summed E-state index contributed by atoms with van der Waals surface area (Å²) < 4.78 is 9.35. The van der Waals surface area contributed by atoms with Crippen LogP contribution in [0.2, 0.25) is 0 Å². The van der Waals surface area contributed by atoms with Gasteiger partial charge in [0.05, 0.1) is 16.9 Å². The van der Waals surface area contributed by atoms with E-state index < -0.39 is 4.92 Å². The van der Waals surface area contributed by atoms with Crippen molar-refractivity contribution in [2.75, 3.05) is 0 Å². The molecular weight excluding hydrogens is 478 g/mol. The van der Waals surface area contributed by atoms with E-state index in [1.54, 1.807) is 40.7 Å². The number of aromatic nitrogens is 6. The Kier molecular flexibility index (Phi) is 5.05. The molecule has 10 nitrogen and oxygen atoms in total. The Morgan fingerprint density at radius 3 is 2.78 bits per heavy atom. The maximum Gasteiger partial charge on any atom is 0.312 e. The van der Waals surface area contributed by atoms with Crippen LogP contribution in [0.4, 0.5) is 5.69 Å². The van der Waals surface area contributed by atoms with Crippen LogP contribution in [0.3, 0.4) is 0 Å². The van der Waals surface area contributed by atoms with E-state index in [0.29, 0.717) is 34.7 Å². The summed E-state index contributed by atoms with van der Waals surface area (Å²) in [5, 5.41) is 21.4.